The van der Waals surface area contributed by atoms with Crippen LogP contribution in [-0.4, -0.2) is 48.8 Å². The Bertz CT molecular complexity index is 649. The van der Waals surface area contributed by atoms with Crippen molar-refractivity contribution in [2.24, 2.45) is 5.73 Å². The number of halogens is 1. The van der Waals surface area contributed by atoms with Crippen LogP contribution in [-0.2, 0) is 16.4 Å². The fourth-order valence-corrected chi connectivity index (χ4v) is 5.19. The number of hydrogen-bond acceptors (Lipinski definition) is 5. The lowest BCUT2D eigenvalue weighted by atomic mass is 10.1. The second-order valence-electron chi connectivity index (χ2n) is 5.05. The van der Waals surface area contributed by atoms with Gasteiger partial charge in [-0.2, -0.15) is 11.8 Å². The summed E-state index contributed by atoms with van der Waals surface area (Å²) in [5, 5.41) is 6.71. The van der Waals surface area contributed by atoms with Crippen LogP contribution >= 0.6 is 11.8 Å². The van der Waals surface area contributed by atoms with Gasteiger partial charge in [0.25, 0.3) is 0 Å². The first kappa shape index (κ1) is 16.3. The van der Waals surface area contributed by atoms with E-state index in [0.29, 0.717) is 23.4 Å². The Morgan fingerprint density at radius 3 is 2.86 bits per heavy atom. The van der Waals surface area contributed by atoms with Crippen molar-refractivity contribution in [1.29, 1.82) is 5.41 Å². The van der Waals surface area contributed by atoms with Crippen molar-refractivity contribution in [3.8, 4) is 0 Å². The molecule has 2 rings (SSSR count). The van der Waals surface area contributed by atoms with E-state index in [2.05, 4.69) is 0 Å². The Kier molecular flexibility index (Phi) is 4.90. The summed E-state index contributed by atoms with van der Waals surface area (Å²) < 4.78 is 37.7. The van der Waals surface area contributed by atoms with Crippen LogP contribution in [0.15, 0.2) is 18.2 Å². The van der Waals surface area contributed by atoms with Crippen molar-refractivity contribution < 1.29 is 12.8 Å². The third kappa shape index (κ3) is 3.96. The van der Waals surface area contributed by atoms with Gasteiger partial charge >= 0.3 is 0 Å². The van der Waals surface area contributed by atoms with Crippen LogP contribution < -0.4 is 5.73 Å². The summed E-state index contributed by atoms with van der Waals surface area (Å²) in [6.07, 6.45) is 1.21. The molecule has 1 heterocycles. The number of amidine groups is 1. The lowest BCUT2D eigenvalue weighted by Crippen LogP contribution is -2.46. The van der Waals surface area contributed by atoms with E-state index in [1.165, 1.54) is 12.3 Å². The fraction of sp³-hybridized carbons (Fsp3) is 0.462. The standard InChI is InChI=1S/C13H18FN3O2S2/c1-21(18,19)12-8-20-5-4-17(12)7-10-3-2-9(13(15)16)6-11(10)14/h2-3,6,12H,4-5,7-8H2,1H3,(H3,15,16). The van der Waals surface area contributed by atoms with Crippen molar-refractivity contribution >= 4 is 27.4 Å². The van der Waals surface area contributed by atoms with Crippen LogP contribution in [0.1, 0.15) is 11.1 Å². The minimum absolute atomic E-state index is 0.191. The zero-order valence-corrected chi connectivity index (χ0v) is 13.3. The molecule has 1 aliphatic heterocycles. The van der Waals surface area contributed by atoms with Gasteiger partial charge in [-0.05, 0) is 6.07 Å². The van der Waals surface area contributed by atoms with Gasteiger partial charge in [0.15, 0.2) is 9.84 Å². The van der Waals surface area contributed by atoms with E-state index < -0.39 is 21.0 Å². The largest absolute Gasteiger partial charge is 0.384 e. The van der Waals surface area contributed by atoms with E-state index in [1.54, 1.807) is 28.8 Å². The molecule has 0 aliphatic carbocycles. The van der Waals surface area contributed by atoms with Gasteiger partial charge in [0.05, 0.1) is 0 Å². The SMILES string of the molecule is CS(=O)(=O)C1CSCCN1Cc1ccc(C(=N)N)cc1F. The molecular weight excluding hydrogens is 313 g/mol. The predicted molar refractivity (Wildman–Crippen MR) is 83.8 cm³/mol. The smallest absolute Gasteiger partial charge is 0.164 e. The average Bonchev–Trinajstić information content (AvgIpc) is 2.40. The number of benzene rings is 1. The van der Waals surface area contributed by atoms with Crippen molar-refractivity contribution in [2.75, 3.05) is 24.3 Å². The summed E-state index contributed by atoms with van der Waals surface area (Å²) in [5.74, 6) is 0.683. The van der Waals surface area contributed by atoms with E-state index in [0.717, 1.165) is 5.75 Å². The highest BCUT2D eigenvalue weighted by Gasteiger charge is 2.31. The van der Waals surface area contributed by atoms with Crippen LogP contribution in [0.3, 0.4) is 0 Å². The topological polar surface area (TPSA) is 87.2 Å². The van der Waals surface area contributed by atoms with Crippen LogP contribution in [0.5, 0.6) is 0 Å². The molecule has 0 aromatic heterocycles. The molecule has 1 unspecified atom stereocenters. The van der Waals surface area contributed by atoms with E-state index in [1.807, 2.05) is 0 Å². The summed E-state index contributed by atoms with van der Waals surface area (Å²) in [6, 6.07) is 4.36. The third-order valence-electron chi connectivity index (χ3n) is 3.42. The summed E-state index contributed by atoms with van der Waals surface area (Å²) in [4.78, 5) is 1.79. The average molecular weight is 331 g/mol. The lowest BCUT2D eigenvalue weighted by Gasteiger charge is -2.34. The molecule has 1 aromatic carbocycles. The Hall–Kier alpha value is -1.12. The van der Waals surface area contributed by atoms with Crippen LogP contribution in [0.4, 0.5) is 4.39 Å². The van der Waals surface area contributed by atoms with Gasteiger partial charge in [-0.3, -0.25) is 10.3 Å². The van der Waals surface area contributed by atoms with E-state index >= 15 is 0 Å². The summed E-state index contributed by atoms with van der Waals surface area (Å²) in [5.41, 5.74) is 6.06. The van der Waals surface area contributed by atoms with Crippen LogP contribution in [0, 0.1) is 11.2 Å². The fourth-order valence-electron chi connectivity index (χ4n) is 2.25. The highest BCUT2D eigenvalue weighted by Crippen LogP contribution is 2.23. The number of sulfone groups is 1. The van der Waals surface area contributed by atoms with E-state index in [9.17, 15) is 12.8 Å². The highest BCUT2D eigenvalue weighted by molar-refractivity contribution is 8.00. The van der Waals surface area contributed by atoms with Crippen molar-refractivity contribution in [1.82, 2.24) is 4.90 Å². The normalized spacial score (nSPS) is 20.4. The number of hydrogen-bond donors (Lipinski definition) is 2. The molecule has 0 amide bonds. The molecule has 8 heteroatoms. The van der Waals surface area contributed by atoms with Gasteiger partial charge < -0.3 is 5.73 Å². The molecule has 116 valence electrons. The molecule has 21 heavy (non-hydrogen) atoms. The second kappa shape index (κ2) is 6.33. The van der Waals surface area contributed by atoms with Crippen molar-refractivity contribution in [3.63, 3.8) is 0 Å². The number of rotatable bonds is 4. The first-order valence-corrected chi connectivity index (χ1v) is 9.53. The molecule has 1 aliphatic rings. The zero-order chi connectivity index (χ0) is 15.6. The number of nitrogen functional groups attached to an aromatic ring is 1. The number of thioether (sulfide) groups is 1. The van der Waals surface area contributed by atoms with Gasteiger partial charge in [-0.15, -0.1) is 0 Å². The first-order valence-electron chi connectivity index (χ1n) is 6.42. The molecule has 0 radical (unpaired) electrons. The maximum atomic E-state index is 14.1. The summed E-state index contributed by atoms with van der Waals surface area (Å²) in [7, 11) is -3.20. The second-order valence-corrected chi connectivity index (χ2v) is 8.40. The summed E-state index contributed by atoms with van der Waals surface area (Å²) >= 11 is 1.60. The molecule has 0 saturated carbocycles. The van der Waals surface area contributed by atoms with Crippen LogP contribution in [0.25, 0.3) is 0 Å². The van der Waals surface area contributed by atoms with E-state index in [-0.39, 0.29) is 12.4 Å². The van der Waals surface area contributed by atoms with Crippen molar-refractivity contribution in [2.45, 2.75) is 11.9 Å². The van der Waals surface area contributed by atoms with Gasteiger partial charge in [-0.25, -0.2) is 12.8 Å². The van der Waals surface area contributed by atoms with Crippen molar-refractivity contribution in [3.05, 3.63) is 35.1 Å². The molecule has 1 saturated heterocycles. The molecule has 1 aromatic rings. The molecule has 0 spiro atoms. The minimum Gasteiger partial charge on any atom is -0.384 e. The first-order chi connectivity index (χ1) is 9.79. The van der Waals surface area contributed by atoms with Crippen LogP contribution in [0.2, 0.25) is 0 Å². The molecule has 3 N–H and O–H groups in total. The summed E-state index contributed by atoms with van der Waals surface area (Å²) in [6.45, 7) is 0.846. The zero-order valence-electron chi connectivity index (χ0n) is 11.7. The van der Waals surface area contributed by atoms with Gasteiger partial charge in [0, 0.05) is 42.0 Å². The van der Waals surface area contributed by atoms with Gasteiger partial charge in [-0.1, -0.05) is 12.1 Å². The predicted octanol–water partition coefficient (Wildman–Crippen LogP) is 1.03. The maximum Gasteiger partial charge on any atom is 0.164 e. The Balaban J connectivity index is 2.22. The third-order valence-corrected chi connectivity index (χ3v) is 6.11. The number of nitrogens with two attached hydrogens (primary N) is 1. The highest BCUT2D eigenvalue weighted by atomic mass is 32.2. The molecule has 5 nitrogen and oxygen atoms in total. The number of nitrogens with zero attached hydrogens (tertiary/aromatic N) is 1. The maximum absolute atomic E-state index is 14.1. The number of nitrogens with one attached hydrogen (secondary N) is 1. The molecule has 0 bridgehead atoms. The van der Waals surface area contributed by atoms with Gasteiger partial charge in [0.1, 0.15) is 17.0 Å². The Morgan fingerprint density at radius 1 is 1.57 bits per heavy atom. The lowest BCUT2D eigenvalue weighted by molar-refractivity contribution is 0.258. The molecular formula is C13H18FN3O2S2. The van der Waals surface area contributed by atoms with E-state index in [4.69, 9.17) is 11.1 Å². The monoisotopic (exact) mass is 331 g/mol. The van der Waals surface area contributed by atoms with Gasteiger partial charge in [0.2, 0.25) is 0 Å². The molecule has 1 fully saturated rings. The Morgan fingerprint density at radius 2 is 2.29 bits per heavy atom. The molecule has 1 atom stereocenters. The quantitative estimate of drug-likeness (QED) is 0.635. The minimum atomic E-state index is -3.20. The Labute approximate surface area is 128 Å².